The minimum atomic E-state index is 0.269. The van der Waals surface area contributed by atoms with Gasteiger partial charge in [0.2, 0.25) is 0 Å². The Hall–Kier alpha value is -1.84. The molecule has 1 heterocycles. The molecule has 1 unspecified atom stereocenters. The lowest BCUT2D eigenvalue weighted by Crippen LogP contribution is -2.16. The van der Waals surface area contributed by atoms with Crippen molar-refractivity contribution in [2.45, 2.75) is 39.0 Å². The second-order valence-electron chi connectivity index (χ2n) is 6.12. The highest BCUT2D eigenvalue weighted by Crippen LogP contribution is 2.16. The van der Waals surface area contributed by atoms with Crippen LogP contribution in [-0.4, -0.2) is 19.3 Å². The average Bonchev–Trinajstić information content (AvgIpc) is 3.09. The van der Waals surface area contributed by atoms with Gasteiger partial charge in [0.25, 0.3) is 0 Å². The van der Waals surface area contributed by atoms with Gasteiger partial charge in [-0.1, -0.05) is 36.4 Å². The topological polar surface area (TPSA) is 30.5 Å². The zero-order valence-corrected chi connectivity index (χ0v) is 13.8. The fourth-order valence-corrected chi connectivity index (χ4v) is 2.82. The zero-order chi connectivity index (χ0) is 15.9. The summed E-state index contributed by atoms with van der Waals surface area (Å²) in [4.78, 5) is 0. The molecule has 0 aliphatic carbocycles. The van der Waals surface area contributed by atoms with Gasteiger partial charge in [0.05, 0.1) is 6.10 Å². The van der Waals surface area contributed by atoms with Crippen molar-refractivity contribution in [2.75, 3.05) is 13.2 Å². The molecule has 1 fully saturated rings. The highest BCUT2D eigenvalue weighted by atomic mass is 16.5. The van der Waals surface area contributed by atoms with Crippen LogP contribution in [0.4, 0.5) is 0 Å². The van der Waals surface area contributed by atoms with Gasteiger partial charge in [-0.2, -0.15) is 0 Å². The molecule has 1 aliphatic rings. The quantitative estimate of drug-likeness (QED) is 0.842. The van der Waals surface area contributed by atoms with Crippen LogP contribution in [0.5, 0.6) is 5.75 Å². The number of hydrogen-bond donors (Lipinski definition) is 1. The van der Waals surface area contributed by atoms with Crippen molar-refractivity contribution in [1.29, 1.82) is 0 Å². The van der Waals surface area contributed by atoms with E-state index < -0.39 is 0 Å². The molecule has 3 heteroatoms. The normalized spacial score (nSPS) is 17.3. The van der Waals surface area contributed by atoms with E-state index in [0.717, 1.165) is 38.3 Å². The molecule has 3 rings (SSSR count). The maximum atomic E-state index is 5.79. The Bertz CT molecular complexity index is 603. The Morgan fingerprint density at radius 2 is 1.91 bits per heavy atom. The summed E-state index contributed by atoms with van der Waals surface area (Å²) >= 11 is 0. The van der Waals surface area contributed by atoms with E-state index in [-0.39, 0.29) is 6.10 Å². The smallest absolute Gasteiger partial charge is 0.119 e. The number of benzene rings is 2. The van der Waals surface area contributed by atoms with Crippen LogP contribution in [0, 0.1) is 6.92 Å². The van der Waals surface area contributed by atoms with E-state index in [0.29, 0.717) is 6.61 Å². The number of aryl methyl sites for hydroxylation is 1. The zero-order valence-electron chi connectivity index (χ0n) is 13.8. The maximum absolute atomic E-state index is 5.79. The second kappa shape index (κ2) is 8.14. The molecule has 1 N–H and O–H groups in total. The van der Waals surface area contributed by atoms with Gasteiger partial charge >= 0.3 is 0 Å². The molecule has 0 radical (unpaired) electrons. The first-order valence-electron chi connectivity index (χ1n) is 8.40. The minimum Gasteiger partial charge on any atom is -0.491 e. The highest BCUT2D eigenvalue weighted by Gasteiger charge is 2.15. The summed E-state index contributed by atoms with van der Waals surface area (Å²) in [5.74, 6) is 0.920. The van der Waals surface area contributed by atoms with Crippen molar-refractivity contribution in [2.24, 2.45) is 0 Å². The van der Waals surface area contributed by atoms with Crippen molar-refractivity contribution in [3.8, 4) is 5.75 Å². The predicted octanol–water partition coefficient (Wildman–Crippen LogP) is 3.84. The molecule has 1 atom stereocenters. The van der Waals surface area contributed by atoms with E-state index in [4.69, 9.17) is 9.47 Å². The minimum absolute atomic E-state index is 0.269. The monoisotopic (exact) mass is 311 g/mol. The van der Waals surface area contributed by atoms with Gasteiger partial charge in [0, 0.05) is 19.7 Å². The molecule has 2 aromatic rings. The average molecular weight is 311 g/mol. The first-order chi connectivity index (χ1) is 11.3. The van der Waals surface area contributed by atoms with Gasteiger partial charge in [0.15, 0.2) is 0 Å². The number of rotatable bonds is 7. The lowest BCUT2D eigenvalue weighted by Gasteiger charge is -2.12. The van der Waals surface area contributed by atoms with Gasteiger partial charge in [-0.05, 0) is 48.6 Å². The van der Waals surface area contributed by atoms with Crippen LogP contribution >= 0.6 is 0 Å². The Balaban J connectivity index is 1.43. The van der Waals surface area contributed by atoms with Crippen LogP contribution in [0.1, 0.15) is 29.5 Å². The largest absolute Gasteiger partial charge is 0.491 e. The van der Waals surface area contributed by atoms with E-state index in [9.17, 15) is 0 Å². The van der Waals surface area contributed by atoms with Crippen LogP contribution in [0.15, 0.2) is 48.5 Å². The summed E-state index contributed by atoms with van der Waals surface area (Å²) < 4.78 is 11.4. The van der Waals surface area contributed by atoms with Crippen molar-refractivity contribution in [3.63, 3.8) is 0 Å². The molecule has 0 bridgehead atoms. The fourth-order valence-electron chi connectivity index (χ4n) is 2.82. The summed E-state index contributed by atoms with van der Waals surface area (Å²) in [6, 6.07) is 16.8. The molecule has 3 nitrogen and oxygen atoms in total. The maximum Gasteiger partial charge on any atom is 0.119 e. The summed E-state index contributed by atoms with van der Waals surface area (Å²) in [7, 11) is 0. The van der Waals surface area contributed by atoms with Crippen molar-refractivity contribution < 1.29 is 9.47 Å². The molecule has 23 heavy (non-hydrogen) atoms. The first kappa shape index (κ1) is 16.0. The van der Waals surface area contributed by atoms with E-state index >= 15 is 0 Å². The number of nitrogens with one attached hydrogen (secondary N) is 1. The van der Waals surface area contributed by atoms with Crippen LogP contribution < -0.4 is 10.1 Å². The Kier molecular flexibility index (Phi) is 5.67. The molecule has 0 spiro atoms. The van der Waals surface area contributed by atoms with Gasteiger partial charge < -0.3 is 14.8 Å². The van der Waals surface area contributed by atoms with Crippen molar-refractivity contribution >= 4 is 0 Å². The molecule has 0 aromatic heterocycles. The van der Waals surface area contributed by atoms with Crippen LogP contribution in [-0.2, 0) is 17.8 Å². The highest BCUT2D eigenvalue weighted by molar-refractivity contribution is 5.28. The van der Waals surface area contributed by atoms with Crippen LogP contribution in [0.2, 0.25) is 0 Å². The molecule has 1 saturated heterocycles. The first-order valence-corrected chi connectivity index (χ1v) is 8.40. The van der Waals surface area contributed by atoms with Gasteiger partial charge in [-0.25, -0.2) is 0 Å². The number of ether oxygens (including phenoxy) is 2. The fraction of sp³-hybridized carbons (Fsp3) is 0.400. The van der Waals surface area contributed by atoms with Gasteiger partial charge in [0.1, 0.15) is 12.4 Å². The predicted molar refractivity (Wildman–Crippen MR) is 92.6 cm³/mol. The molecular weight excluding hydrogens is 286 g/mol. The molecule has 2 aromatic carbocycles. The third-order valence-corrected chi connectivity index (χ3v) is 4.29. The van der Waals surface area contributed by atoms with Crippen LogP contribution in [0.25, 0.3) is 0 Å². The molecule has 0 amide bonds. The Morgan fingerprint density at radius 3 is 2.65 bits per heavy atom. The standard InChI is InChI=1S/C20H25NO2/c1-16-5-2-3-6-18(16)14-21-13-17-8-10-19(11-9-17)23-15-20-7-4-12-22-20/h2-3,5-6,8-11,20-21H,4,7,12-15H2,1H3. The Morgan fingerprint density at radius 1 is 1.09 bits per heavy atom. The SMILES string of the molecule is Cc1ccccc1CNCc1ccc(OCC2CCCO2)cc1. The van der Waals surface area contributed by atoms with Gasteiger partial charge in [-0.3, -0.25) is 0 Å². The van der Waals surface area contributed by atoms with Crippen molar-refractivity contribution in [3.05, 3.63) is 65.2 Å². The third kappa shape index (κ3) is 4.81. The lowest BCUT2D eigenvalue weighted by molar-refractivity contribution is 0.0679. The summed E-state index contributed by atoms with van der Waals surface area (Å²) in [5, 5.41) is 3.49. The summed E-state index contributed by atoms with van der Waals surface area (Å²) in [6.07, 6.45) is 2.53. The van der Waals surface area contributed by atoms with E-state index in [1.165, 1.54) is 16.7 Å². The molecule has 1 aliphatic heterocycles. The second-order valence-corrected chi connectivity index (χ2v) is 6.12. The van der Waals surface area contributed by atoms with Gasteiger partial charge in [-0.15, -0.1) is 0 Å². The van der Waals surface area contributed by atoms with Crippen LogP contribution in [0.3, 0.4) is 0 Å². The molecular formula is C20H25NO2. The molecule has 122 valence electrons. The third-order valence-electron chi connectivity index (χ3n) is 4.29. The van der Waals surface area contributed by atoms with E-state index in [1.54, 1.807) is 0 Å². The lowest BCUT2D eigenvalue weighted by atomic mass is 10.1. The van der Waals surface area contributed by atoms with E-state index in [1.807, 2.05) is 12.1 Å². The van der Waals surface area contributed by atoms with E-state index in [2.05, 4.69) is 48.6 Å². The van der Waals surface area contributed by atoms with Crippen molar-refractivity contribution in [1.82, 2.24) is 5.32 Å². The summed E-state index contributed by atoms with van der Waals surface area (Å²) in [5.41, 5.74) is 3.95. The molecule has 0 saturated carbocycles. The summed E-state index contributed by atoms with van der Waals surface area (Å²) in [6.45, 7) is 5.44. The number of hydrogen-bond acceptors (Lipinski definition) is 3. The Labute approximate surface area is 138 Å².